The third kappa shape index (κ3) is 5.55. The van der Waals surface area contributed by atoms with E-state index in [1.165, 1.54) is 0 Å². The number of carbonyl (C=O) groups excluding carboxylic acids is 2. The minimum absolute atomic E-state index is 0.150. The molecular formula is C21H35N3O3. The van der Waals surface area contributed by atoms with Gasteiger partial charge >= 0.3 is 0 Å². The lowest BCUT2D eigenvalue weighted by Crippen LogP contribution is -2.51. The normalized spacial score (nSPS) is 24.1. The molecule has 6 nitrogen and oxygen atoms in total. The van der Waals surface area contributed by atoms with E-state index in [-0.39, 0.29) is 11.8 Å². The van der Waals surface area contributed by atoms with Gasteiger partial charge in [0.05, 0.1) is 13.2 Å². The second-order valence-electron chi connectivity index (χ2n) is 8.41. The van der Waals surface area contributed by atoms with Gasteiger partial charge in [0.2, 0.25) is 11.8 Å². The number of amides is 2. The van der Waals surface area contributed by atoms with E-state index in [2.05, 4.69) is 18.7 Å². The molecule has 0 atom stereocenters. The van der Waals surface area contributed by atoms with Gasteiger partial charge in [0, 0.05) is 38.1 Å². The van der Waals surface area contributed by atoms with E-state index in [9.17, 15) is 9.59 Å². The summed E-state index contributed by atoms with van der Waals surface area (Å²) in [6, 6.07) is 0.558. The molecule has 0 aromatic carbocycles. The fourth-order valence-electron chi connectivity index (χ4n) is 4.39. The largest absolute Gasteiger partial charge is 0.378 e. The second kappa shape index (κ2) is 9.69. The monoisotopic (exact) mass is 377 g/mol. The molecule has 0 aromatic heterocycles. The highest BCUT2D eigenvalue weighted by atomic mass is 16.5. The number of nitrogens with zero attached hydrogens (tertiary/aromatic N) is 3. The van der Waals surface area contributed by atoms with E-state index in [0.29, 0.717) is 31.1 Å². The SMILES string of the molecule is CC(C)/C=C/C(=O)N1CCC(N2CCC(C(=O)N3CCOCC3)CC2)CC1. The Labute approximate surface area is 163 Å². The zero-order chi connectivity index (χ0) is 19.2. The number of ether oxygens (including phenoxy) is 1. The molecule has 0 spiro atoms. The molecule has 0 bridgehead atoms. The summed E-state index contributed by atoms with van der Waals surface area (Å²) in [5, 5.41) is 0. The molecule has 2 amide bonds. The lowest BCUT2D eigenvalue weighted by molar-refractivity contribution is -0.141. The number of hydrogen-bond donors (Lipinski definition) is 0. The smallest absolute Gasteiger partial charge is 0.246 e. The quantitative estimate of drug-likeness (QED) is 0.701. The zero-order valence-corrected chi connectivity index (χ0v) is 16.9. The van der Waals surface area contributed by atoms with Crippen LogP contribution >= 0.6 is 0 Å². The number of rotatable bonds is 4. The van der Waals surface area contributed by atoms with Crippen LogP contribution in [0.1, 0.15) is 39.5 Å². The highest BCUT2D eigenvalue weighted by Gasteiger charge is 2.33. The summed E-state index contributed by atoms with van der Waals surface area (Å²) in [7, 11) is 0. The first-order chi connectivity index (χ1) is 13.0. The number of allylic oxidation sites excluding steroid dienone is 1. The maximum Gasteiger partial charge on any atom is 0.246 e. The third-order valence-electron chi connectivity index (χ3n) is 6.12. The average molecular weight is 378 g/mol. The molecule has 0 radical (unpaired) electrons. The standard InChI is InChI=1S/C21H35N3O3/c1-17(2)3-4-20(25)23-11-7-19(8-12-23)22-9-5-18(6-10-22)21(26)24-13-15-27-16-14-24/h3-4,17-19H,5-16H2,1-2H3/b4-3+. The van der Waals surface area contributed by atoms with Crippen molar-refractivity contribution >= 4 is 11.8 Å². The molecule has 3 fully saturated rings. The van der Waals surface area contributed by atoms with Gasteiger partial charge in [-0.3, -0.25) is 9.59 Å². The summed E-state index contributed by atoms with van der Waals surface area (Å²) in [4.78, 5) is 31.4. The van der Waals surface area contributed by atoms with Gasteiger partial charge < -0.3 is 19.4 Å². The zero-order valence-electron chi connectivity index (χ0n) is 16.9. The van der Waals surface area contributed by atoms with E-state index < -0.39 is 0 Å². The van der Waals surface area contributed by atoms with Crippen molar-refractivity contribution in [2.24, 2.45) is 11.8 Å². The Morgan fingerprint density at radius 2 is 1.52 bits per heavy atom. The minimum Gasteiger partial charge on any atom is -0.378 e. The van der Waals surface area contributed by atoms with Crippen LogP contribution in [0.15, 0.2) is 12.2 Å². The van der Waals surface area contributed by atoms with Crippen LogP contribution in [0.5, 0.6) is 0 Å². The summed E-state index contributed by atoms with van der Waals surface area (Å²) in [6.45, 7) is 10.7. The molecule has 3 rings (SSSR count). The van der Waals surface area contributed by atoms with Gasteiger partial charge in [0.1, 0.15) is 0 Å². The molecule has 3 aliphatic heterocycles. The predicted molar refractivity (Wildman–Crippen MR) is 105 cm³/mol. The summed E-state index contributed by atoms with van der Waals surface area (Å²) in [6.07, 6.45) is 7.73. The molecule has 0 unspecified atom stereocenters. The Hall–Kier alpha value is -1.40. The molecular weight excluding hydrogens is 342 g/mol. The van der Waals surface area contributed by atoms with Crippen LogP contribution in [0.25, 0.3) is 0 Å². The van der Waals surface area contributed by atoms with Crippen molar-refractivity contribution in [3.8, 4) is 0 Å². The molecule has 27 heavy (non-hydrogen) atoms. The molecule has 0 N–H and O–H groups in total. The molecule has 3 aliphatic rings. The first-order valence-corrected chi connectivity index (χ1v) is 10.6. The number of hydrogen-bond acceptors (Lipinski definition) is 4. The molecule has 152 valence electrons. The summed E-state index contributed by atoms with van der Waals surface area (Å²) in [5.74, 6) is 1.07. The van der Waals surface area contributed by atoms with E-state index in [1.54, 1.807) is 6.08 Å². The van der Waals surface area contributed by atoms with Crippen molar-refractivity contribution in [1.82, 2.24) is 14.7 Å². The van der Waals surface area contributed by atoms with Crippen LogP contribution in [0.4, 0.5) is 0 Å². The molecule has 3 saturated heterocycles. The summed E-state index contributed by atoms with van der Waals surface area (Å²) in [5.41, 5.74) is 0. The van der Waals surface area contributed by atoms with Crippen molar-refractivity contribution in [2.75, 3.05) is 52.5 Å². The predicted octanol–water partition coefficient (Wildman–Crippen LogP) is 1.76. The van der Waals surface area contributed by atoms with Crippen LogP contribution in [0, 0.1) is 11.8 Å². The lowest BCUT2D eigenvalue weighted by atomic mass is 9.92. The molecule has 0 aliphatic carbocycles. The Morgan fingerprint density at radius 3 is 2.11 bits per heavy atom. The maximum atomic E-state index is 12.7. The van der Waals surface area contributed by atoms with Crippen molar-refractivity contribution in [3.63, 3.8) is 0 Å². The van der Waals surface area contributed by atoms with Gasteiger partial charge in [-0.25, -0.2) is 0 Å². The second-order valence-corrected chi connectivity index (χ2v) is 8.41. The average Bonchev–Trinajstić information content (AvgIpc) is 2.72. The van der Waals surface area contributed by atoms with Gasteiger partial charge in [-0.05, 0) is 50.8 Å². The molecule has 0 aromatic rings. The fourth-order valence-corrected chi connectivity index (χ4v) is 4.39. The first-order valence-electron chi connectivity index (χ1n) is 10.6. The van der Waals surface area contributed by atoms with E-state index in [1.807, 2.05) is 15.9 Å². The third-order valence-corrected chi connectivity index (χ3v) is 6.12. The van der Waals surface area contributed by atoms with Crippen LogP contribution < -0.4 is 0 Å². The Morgan fingerprint density at radius 1 is 0.889 bits per heavy atom. The van der Waals surface area contributed by atoms with E-state index >= 15 is 0 Å². The summed E-state index contributed by atoms with van der Waals surface area (Å²) >= 11 is 0. The number of morpholine rings is 1. The molecule has 0 saturated carbocycles. The molecule has 3 heterocycles. The van der Waals surface area contributed by atoms with Gasteiger partial charge in [0.25, 0.3) is 0 Å². The first kappa shape index (κ1) is 20.3. The Bertz CT molecular complexity index is 527. The topological polar surface area (TPSA) is 53.1 Å². The maximum absolute atomic E-state index is 12.7. The highest BCUT2D eigenvalue weighted by molar-refractivity contribution is 5.87. The highest BCUT2D eigenvalue weighted by Crippen LogP contribution is 2.25. The number of likely N-dealkylation sites (tertiary alicyclic amines) is 2. The van der Waals surface area contributed by atoms with Crippen LogP contribution in [-0.2, 0) is 14.3 Å². The number of piperidine rings is 2. The van der Waals surface area contributed by atoms with Crippen LogP contribution in [0.3, 0.4) is 0 Å². The van der Waals surface area contributed by atoms with E-state index in [4.69, 9.17) is 4.74 Å². The van der Waals surface area contributed by atoms with Crippen molar-refractivity contribution in [1.29, 1.82) is 0 Å². The Balaban J connectivity index is 1.40. The van der Waals surface area contributed by atoms with E-state index in [0.717, 1.165) is 65.0 Å². The van der Waals surface area contributed by atoms with Crippen molar-refractivity contribution in [2.45, 2.75) is 45.6 Å². The van der Waals surface area contributed by atoms with Crippen molar-refractivity contribution in [3.05, 3.63) is 12.2 Å². The fraction of sp³-hybridized carbons (Fsp3) is 0.810. The van der Waals surface area contributed by atoms with Crippen LogP contribution in [-0.4, -0.2) is 85.0 Å². The minimum atomic E-state index is 0.150. The van der Waals surface area contributed by atoms with Gasteiger partial charge in [-0.1, -0.05) is 19.9 Å². The van der Waals surface area contributed by atoms with Gasteiger partial charge in [-0.15, -0.1) is 0 Å². The number of carbonyl (C=O) groups is 2. The van der Waals surface area contributed by atoms with Crippen molar-refractivity contribution < 1.29 is 14.3 Å². The van der Waals surface area contributed by atoms with Gasteiger partial charge in [-0.2, -0.15) is 0 Å². The lowest BCUT2D eigenvalue weighted by Gasteiger charge is -2.42. The van der Waals surface area contributed by atoms with Crippen LogP contribution in [0.2, 0.25) is 0 Å². The Kier molecular flexibility index (Phi) is 7.30. The molecule has 6 heteroatoms. The van der Waals surface area contributed by atoms with Gasteiger partial charge in [0.15, 0.2) is 0 Å². The summed E-state index contributed by atoms with van der Waals surface area (Å²) < 4.78 is 5.35.